The highest BCUT2D eigenvalue weighted by Crippen LogP contribution is 2.19. The number of hydrogen-bond acceptors (Lipinski definition) is 3. The summed E-state index contributed by atoms with van der Waals surface area (Å²) in [4.78, 5) is 15.1. The van der Waals surface area contributed by atoms with E-state index >= 15 is 0 Å². The van der Waals surface area contributed by atoms with Gasteiger partial charge in [-0.2, -0.15) is 0 Å². The molecule has 0 bridgehead atoms. The van der Waals surface area contributed by atoms with Crippen LogP contribution in [0.25, 0.3) is 0 Å². The lowest BCUT2D eigenvalue weighted by molar-refractivity contribution is 0.0927. The van der Waals surface area contributed by atoms with E-state index < -0.39 is 0 Å². The molecule has 0 aliphatic heterocycles. The van der Waals surface area contributed by atoms with Gasteiger partial charge in [-0.05, 0) is 38.2 Å². The molecule has 1 amide bonds. The first-order valence-corrected chi connectivity index (χ1v) is 7.73. The molecule has 1 rings (SSSR count). The van der Waals surface area contributed by atoms with Crippen LogP contribution in [0, 0.1) is 0 Å². The second kappa shape index (κ2) is 7.92. The molecule has 0 heterocycles. The predicted molar refractivity (Wildman–Crippen MR) is 86.1 cm³/mol. The van der Waals surface area contributed by atoms with Crippen molar-refractivity contribution in [2.24, 2.45) is 0 Å². The Bertz CT molecular complexity index is 435. The first kappa shape index (κ1) is 16.5. The third-order valence-electron chi connectivity index (χ3n) is 3.01. The van der Waals surface area contributed by atoms with E-state index in [0.717, 1.165) is 24.1 Å². The fraction of sp³-hybridized carbons (Fsp3) is 0.500. The van der Waals surface area contributed by atoms with Crippen LogP contribution in [0.4, 0.5) is 0 Å². The van der Waals surface area contributed by atoms with Crippen LogP contribution >= 0.6 is 28.6 Å². The van der Waals surface area contributed by atoms with Gasteiger partial charge in [0.15, 0.2) is 0 Å². The van der Waals surface area contributed by atoms with Crippen molar-refractivity contribution in [3.63, 3.8) is 0 Å². The zero-order valence-electron chi connectivity index (χ0n) is 11.6. The monoisotopic (exact) mass is 344 g/mol. The fourth-order valence-corrected chi connectivity index (χ4v) is 2.77. The van der Waals surface area contributed by atoms with Crippen LogP contribution < -0.4 is 5.32 Å². The average Bonchev–Trinajstić information content (AvgIpc) is 2.35. The van der Waals surface area contributed by atoms with Crippen LogP contribution in [0.2, 0.25) is 0 Å². The number of nitrogens with one attached hydrogen (secondary N) is 1. The minimum Gasteiger partial charge on any atom is -0.348 e. The summed E-state index contributed by atoms with van der Waals surface area (Å²) in [5.74, 6) is -0.0721. The number of halogens is 1. The van der Waals surface area contributed by atoms with Gasteiger partial charge in [0.2, 0.25) is 0 Å². The fourth-order valence-electron chi connectivity index (χ4n) is 1.91. The Morgan fingerprint density at radius 2 is 2.05 bits per heavy atom. The van der Waals surface area contributed by atoms with Crippen LogP contribution in [0.15, 0.2) is 27.6 Å². The number of benzene rings is 1. The van der Waals surface area contributed by atoms with E-state index in [4.69, 9.17) is 0 Å². The molecule has 1 N–H and O–H groups in total. The van der Waals surface area contributed by atoms with Crippen LogP contribution in [0.5, 0.6) is 0 Å². The highest BCUT2D eigenvalue weighted by atomic mass is 79.9. The maximum Gasteiger partial charge on any atom is 0.252 e. The number of likely N-dealkylation sites (N-methyl/N-ethyl adjacent to an activating group) is 1. The molecule has 1 unspecified atom stereocenters. The number of thiol groups is 1. The lowest BCUT2D eigenvalue weighted by Gasteiger charge is -2.23. The van der Waals surface area contributed by atoms with E-state index in [1.54, 1.807) is 6.07 Å². The maximum absolute atomic E-state index is 12.2. The van der Waals surface area contributed by atoms with Crippen molar-refractivity contribution in [1.29, 1.82) is 0 Å². The molecule has 1 aromatic carbocycles. The summed E-state index contributed by atoms with van der Waals surface area (Å²) in [5.41, 5.74) is 0.609. The normalized spacial score (nSPS) is 12.5. The number of amides is 1. The van der Waals surface area contributed by atoms with Crippen molar-refractivity contribution in [2.45, 2.75) is 31.7 Å². The van der Waals surface area contributed by atoms with Gasteiger partial charge in [-0.3, -0.25) is 4.79 Å². The minimum absolute atomic E-state index is 0.0721. The molecule has 0 saturated carbocycles. The van der Waals surface area contributed by atoms with Crippen molar-refractivity contribution in [3.8, 4) is 0 Å². The first-order chi connectivity index (χ1) is 8.97. The van der Waals surface area contributed by atoms with Gasteiger partial charge < -0.3 is 10.2 Å². The highest BCUT2D eigenvalue weighted by Gasteiger charge is 2.14. The summed E-state index contributed by atoms with van der Waals surface area (Å²) in [6, 6.07) is 5.58. The number of nitrogens with zero attached hydrogens (tertiary/aromatic N) is 1. The second-order valence-corrected chi connectivity index (χ2v) is 5.92. The molecule has 0 spiro atoms. The molecule has 0 fully saturated rings. The molecule has 0 aliphatic rings. The van der Waals surface area contributed by atoms with Gasteiger partial charge >= 0.3 is 0 Å². The van der Waals surface area contributed by atoms with Crippen molar-refractivity contribution >= 4 is 34.5 Å². The topological polar surface area (TPSA) is 32.3 Å². The van der Waals surface area contributed by atoms with Gasteiger partial charge in [-0.1, -0.05) is 29.8 Å². The summed E-state index contributed by atoms with van der Waals surface area (Å²) >= 11 is 7.70. The van der Waals surface area contributed by atoms with E-state index in [9.17, 15) is 4.79 Å². The number of carbonyl (C=O) groups is 1. The van der Waals surface area contributed by atoms with Crippen molar-refractivity contribution in [1.82, 2.24) is 10.2 Å². The molecule has 1 aromatic rings. The quantitative estimate of drug-likeness (QED) is 0.776. The van der Waals surface area contributed by atoms with E-state index in [1.807, 2.05) is 19.1 Å². The molecule has 3 nitrogen and oxygen atoms in total. The lowest BCUT2D eigenvalue weighted by Crippen LogP contribution is -2.42. The predicted octanol–water partition coefficient (Wildman–Crippen LogP) is 3.20. The van der Waals surface area contributed by atoms with Crippen LogP contribution in [0.3, 0.4) is 0 Å². The zero-order chi connectivity index (χ0) is 14.4. The summed E-state index contributed by atoms with van der Waals surface area (Å²) in [6.45, 7) is 9.11. The highest BCUT2D eigenvalue weighted by molar-refractivity contribution is 9.10. The van der Waals surface area contributed by atoms with Crippen molar-refractivity contribution in [3.05, 3.63) is 28.2 Å². The Hall–Kier alpha value is -0.520. The molecule has 106 valence electrons. The molecular formula is C14H21BrN2OS. The Labute approximate surface area is 129 Å². The van der Waals surface area contributed by atoms with E-state index in [1.165, 1.54) is 0 Å². The van der Waals surface area contributed by atoms with Gasteiger partial charge in [0.1, 0.15) is 0 Å². The van der Waals surface area contributed by atoms with E-state index in [2.05, 4.69) is 52.6 Å². The van der Waals surface area contributed by atoms with Crippen LogP contribution in [-0.2, 0) is 0 Å². The number of rotatable bonds is 6. The third-order valence-corrected chi connectivity index (χ3v) is 3.87. The minimum atomic E-state index is -0.0721. The molecule has 5 heteroatoms. The summed E-state index contributed by atoms with van der Waals surface area (Å²) in [7, 11) is 0. The van der Waals surface area contributed by atoms with Crippen LogP contribution in [0.1, 0.15) is 31.1 Å². The molecule has 19 heavy (non-hydrogen) atoms. The Kier molecular flexibility index (Phi) is 6.89. The van der Waals surface area contributed by atoms with E-state index in [-0.39, 0.29) is 11.9 Å². The smallest absolute Gasteiger partial charge is 0.252 e. The lowest BCUT2D eigenvalue weighted by atomic mass is 10.2. The molecule has 0 radical (unpaired) electrons. The first-order valence-electron chi connectivity index (χ1n) is 6.49. The SMILES string of the molecule is CCN(CC)CC(C)NC(=O)c1ccc(Br)cc1S. The van der Waals surface area contributed by atoms with Gasteiger partial charge in [0, 0.05) is 22.0 Å². The third kappa shape index (κ3) is 5.16. The second-order valence-electron chi connectivity index (χ2n) is 4.52. The van der Waals surface area contributed by atoms with Gasteiger partial charge in [-0.25, -0.2) is 0 Å². The molecule has 0 aromatic heterocycles. The molecule has 1 atom stereocenters. The largest absolute Gasteiger partial charge is 0.348 e. The summed E-state index contributed by atoms with van der Waals surface area (Å²) in [6.07, 6.45) is 0. The van der Waals surface area contributed by atoms with Crippen LogP contribution in [-0.4, -0.2) is 36.5 Å². The Morgan fingerprint density at radius 1 is 1.42 bits per heavy atom. The summed E-state index contributed by atoms with van der Waals surface area (Å²) < 4.78 is 0.922. The number of carbonyl (C=O) groups excluding carboxylic acids is 1. The van der Waals surface area contributed by atoms with Gasteiger partial charge in [0.25, 0.3) is 5.91 Å². The molecule has 0 saturated heterocycles. The molecular weight excluding hydrogens is 324 g/mol. The Morgan fingerprint density at radius 3 is 2.58 bits per heavy atom. The average molecular weight is 345 g/mol. The van der Waals surface area contributed by atoms with E-state index in [0.29, 0.717) is 10.5 Å². The Balaban J connectivity index is 2.63. The van der Waals surface area contributed by atoms with Crippen molar-refractivity contribution in [2.75, 3.05) is 19.6 Å². The maximum atomic E-state index is 12.2. The number of hydrogen-bond donors (Lipinski definition) is 2. The van der Waals surface area contributed by atoms with Gasteiger partial charge in [-0.15, -0.1) is 12.6 Å². The van der Waals surface area contributed by atoms with Gasteiger partial charge in [0.05, 0.1) is 5.56 Å². The van der Waals surface area contributed by atoms with Crippen molar-refractivity contribution < 1.29 is 4.79 Å². The molecule has 0 aliphatic carbocycles. The standard InChI is InChI=1S/C14H21BrN2OS/c1-4-17(5-2)9-10(3)16-14(18)12-7-6-11(15)8-13(12)19/h6-8,10,19H,4-5,9H2,1-3H3,(H,16,18). The zero-order valence-corrected chi connectivity index (χ0v) is 14.1. The summed E-state index contributed by atoms with van der Waals surface area (Å²) in [5, 5.41) is 3.01.